The van der Waals surface area contributed by atoms with Crippen molar-refractivity contribution in [3.63, 3.8) is 0 Å². The zero-order valence-electron chi connectivity index (χ0n) is 12.3. The molecule has 0 unspecified atom stereocenters. The van der Waals surface area contributed by atoms with Crippen LogP contribution in [0.3, 0.4) is 0 Å². The first-order valence-corrected chi connectivity index (χ1v) is 7.51. The highest BCUT2D eigenvalue weighted by Gasteiger charge is 2.19. The summed E-state index contributed by atoms with van der Waals surface area (Å²) >= 11 is 0. The quantitative estimate of drug-likeness (QED) is 0.850. The van der Waals surface area contributed by atoms with Crippen LogP contribution < -0.4 is 5.32 Å². The summed E-state index contributed by atoms with van der Waals surface area (Å²) in [6.07, 6.45) is 3.75. The van der Waals surface area contributed by atoms with Gasteiger partial charge in [-0.1, -0.05) is 25.1 Å². The van der Waals surface area contributed by atoms with Gasteiger partial charge in [-0.05, 0) is 30.5 Å². The number of ketones is 1. The molecule has 0 atom stereocenters. The number of aromatic nitrogens is 3. The van der Waals surface area contributed by atoms with Gasteiger partial charge in [-0.3, -0.25) is 4.79 Å². The molecule has 1 N–H and O–H groups in total. The molecular formula is C16H20N4O. The number of carbonyl (C=O) groups is 1. The molecule has 0 bridgehead atoms. The third-order valence-corrected chi connectivity index (χ3v) is 3.89. The molecule has 3 rings (SSSR count). The lowest BCUT2D eigenvalue weighted by atomic mass is 9.92. The maximum absolute atomic E-state index is 12.6. The van der Waals surface area contributed by atoms with E-state index in [-0.39, 0.29) is 5.78 Å². The molecule has 1 aromatic heterocycles. The van der Waals surface area contributed by atoms with Crippen molar-refractivity contribution in [2.24, 2.45) is 0 Å². The summed E-state index contributed by atoms with van der Waals surface area (Å²) in [4.78, 5) is 16.9. The second-order valence-corrected chi connectivity index (χ2v) is 5.37. The van der Waals surface area contributed by atoms with Crippen molar-refractivity contribution < 1.29 is 4.79 Å². The van der Waals surface area contributed by atoms with Gasteiger partial charge < -0.3 is 5.32 Å². The monoisotopic (exact) mass is 284 g/mol. The van der Waals surface area contributed by atoms with Crippen LogP contribution in [0.25, 0.3) is 0 Å². The van der Waals surface area contributed by atoms with Crippen LogP contribution in [-0.2, 0) is 25.9 Å². The Labute approximate surface area is 124 Å². The van der Waals surface area contributed by atoms with Crippen molar-refractivity contribution in [1.29, 1.82) is 0 Å². The summed E-state index contributed by atoms with van der Waals surface area (Å²) in [5.74, 6) is 0.896. The third-order valence-electron chi connectivity index (χ3n) is 3.89. The fraction of sp³-hybridized carbons (Fsp3) is 0.438. The third kappa shape index (κ3) is 2.88. The van der Waals surface area contributed by atoms with Crippen molar-refractivity contribution >= 4 is 5.78 Å². The predicted molar refractivity (Wildman–Crippen MR) is 80.2 cm³/mol. The highest BCUT2D eigenvalue weighted by atomic mass is 16.1. The molecule has 1 aliphatic rings. The van der Waals surface area contributed by atoms with Crippen LogP contribution in [0.15, 0.2) is 24.5 Å². The molecule has 0 spiro atoms. The molecular weight excluding hydrogens is 264 g/mol. The second kappa shape index (κ2) is 6.18. The van der Waals surface area contributed by atoms with E-state index in [1.54, 1.807) is 0 Å². The van der Waals surface area contributed by atoms with Gasteiger partial charge >= 0.3 is 0 Å². The van der Waals surface area contributed by atoms with Gasteiger partial charge in [0, 0.05) is 18.7 Å². The zero-order chi connectivity index (χ0) is 14.7. The van der Waals surface area contributed by atoms with E-state index in [2.05, 4.69) is 28.4 Å². The SMILES string of the molecule is CCCn1ncnc1CC(=O)c1cccc2c1CCNC2. The highest BCUT2D eigenvalue weighted by molar-refractivity contribution is 5.98. The summed E-state index contributed by atoms with van der Waals surface area (Å²) in [6.45, 7) is 4.68. The topological polar surface area (TPSA) is 59.8 Å². The minimum absolute atomic E-state index is 0.138. The maximum Gasteiger partial charge on any atom is 0.170 e. The largest absolute Gasteiger partial charge is 0.312 e. The number of rotatable bonds is 5. The molecule has 0 radical (unpaired) electrons. The van der Waals surface area contributed by atoms with Gasteiger partial charge in [0.15, 0.2) is 5.78 Å². The van der Waals surface area contributed by atoms with E-state index in [4.69, 9.17) is 0 Å². The summed E-state index contributed by atoms with van der Waals surface area (Å²) in [5.41, 5.74) is 3.28. The molecule has 2 aromatic rings. The molecule has 1 aromatic carbocycles. The summed E-state index contributed by atoms with van der Waals surface area (Å²) < 4.78 is 1.83. The van der Waals surface area contributed by atoms with Crippen LogP contribution in [0.4, 0.5) is 0 Å². The van der Waals surface area contributed by atoms with Gasteiger partial charge in [-0.25, -0.2) is 9.67 Å². The number of aryl methyl sites for hydroxylation is 1. The molecule has 0 saturated heterocycles. The molecule has 21 heavy (non-hydrogen) atoms. The summed E-state index contributed by atoms with van der Waals surface area (Å²) in [5, 5.41) is 7.52. The van der Waals surface area contributed by atoms with Gasteiger partial charge in [0.2, 0.25) is 0 Å². The minimum atomic E-state index is 0.138. The molecule has 0 saturated carbocycles. The standard InChI is InChI=1S/C16H20N4O/c1-2-8-20-16(18-11-19-20)9-15(21)14-5-3-4-12-10-17-7-6-13(12)14/h3-5,11,17H,2,6-10H2,1H3. The molecule has 2 heterocycles. The molecule has 110 valence electrons. The Balaban J connectivity index is 1.84. The van der Waals surface area contributed by atoms with Crippen molar-refractivity contribution in [1.82, 2.24) is 20.1 Å². The predicted octanol–water partition coefficient (Wildman–Crippen LogP) is 1.76. The van der Waals surface area contributed by atoms with Crippen LogP contribution in [-0.4, -0.2) is 27.1 Å². The maximum atomic E-state index is 12.6. The smallest absolute Gasteiger partial charge is 0.170 e. The normalized spacial score (nSPS) is 14.0. The number of nitrogens with zero attached hydrogens (tertiary/aromatic N) is 3. The Kier molecular flexibility index (Phi) is 4.10. The Morgan fingerprint density at radius 2 is 2.33 bits per heavy atom. The number of carbonyl (C=O) groups excluding carboxylic acids is 1. The van der Waals surface area contributed by atoms with Crippen LogP contribution in [0.1, 0.15) is 40.7 Å². The number of fused-ring (bicyclic) bond motifs is 1. The van der Waals surface area contributed by atoms with Crippen molar-refractivity contribution in [3.05, 3.63) is 47.0 Å². The fourth-order valence-electron chi connectivity index (χ4n) is 2.86. The molecule has 0 aliphatic carbocycles. The van der Waals surface area contributed by atoms with Crippen LogP contribution in [0.2, 0.25) is 0 Å². The first kappa shape index (κ1) is 13.9. The lowest BCUT2D eigenvalue weighted by molar-refractivity contribution is 0.0988. The number of nitrogens with one attached hydrogen (secondary N) is 1. The van der Waals surface area contributed by atoms with Gasteiger partial charge in [-0.2, -0.15) is 5.10 Å². The summed E-state index contributed by atoms with van der Waals surface area (Å²) in [6, 6.07) is 6.00. The fourth-order valence-corrected chi connectivity index (χ4v) is 2.86. The van der Waals surface area contributed by atoms with E-state index in [1.165, 1.54) is 17.5 Å². The van der Waals surface area contributed by atoms with Crippen molar-refractivity contribution in [2.75, 3.05) is 6.54 Å². The van der Waals surface area contributed by atoms with Gasteiger partial charge in [0.05, 0.1) is 6.42 Å². The van der Waals surface area contributed by atoms with Gasteiger partial charge in [-0.15, -0.1) is 0 Å². The molecule has 1 aliphatic heterocycles. The first-order chi connectivity index (χ1) is 10.3. The Hall–Kier alpha value is -2.01. The number of Topliss-reactive ketones (excluding diaryl/α,β-unsaturated/α-hetero) is 1. The first-order valence-electron chi connectivity index (χ1n) is 7.51. The van der Waals surface area contributed by atoms with E-state index in [9.17, 15) is 4.79 Å². The lowest BCUT2D eigenvalue weighted by Gasteiger charge is -2.19. The second-order valence-electron chi connectivity index (χ2n) is 5.37. The molecule has 0 fully saturated rings. The van der Waals surface area contributed by atoms with Crippen LogP contribution in [0.5, 0.6) is 0 Å². The molecule has 5 heteroatoms. The Morgan fingerprint density at radius 3 is 3.19 bits per heavy atom. The average molecular weight is 284 g/mol. The van der Waals surface area contributed by atoms with E-state index < -0.39 is 0 Å². The van der Waals surface area contributed by atoms with E-state index in [1.807, 2.05) is 16.8 Å². The minimum Gasteiger partial charge on any atom is -0.312 e. The number of benzene rings is 1. The lowest BCUT2D eigenvalue weighted by Crippen LogP contribution is -2.26. The number of hydrogen-bond acceptors (Lipinski definition) is 4. The number of hydrogen-bond donors (Lipinski definition) is 1. The Bertz CT molecular complexity index is 647. The van der Waals surface area contributed by atoms with E-state index in [0.717, 1.165) is 43.9 Å². The summed E-state index contributed by atoms with van der Waals surface area (Å²) in [7, 11) is 0. The van der Waals surface area contributed by atoms with E-state index >= 15 is 0 Å². The molecule has 5 nitrogen and oxygen atoms in total. The van der Waals surface area contributed by atoms with Gasteiger partial charge in [0.1, 0.15) is 12.2 Å². The average Bonchev–Trinajstić information content (AvgIpc) is 2.94. The van der Waals surface area contributed by atoms with E-state index in [0.29, 0.717) is 6.42 Å². The highest BCUT2D eigenvalue weighted by Crippen LogP contribution is 2.20. The zero-order valence-corrected chi connectivity index (χ0v) is 12.3. The van der Waals surface area contributed by atoms with Crippen molar-refractivity contribution in [3.8, 4) is 0 Å². The van der Waals surface area contributed by atoms with Crippen LogP contribution in [0, 0.1) is 0 Å². The van der Waals surface area contributed by atoms with Crippen molar-refractivity contribution in [2.45, 2.75) is 39.3 Å². The van der Waals surface area contributed by atoms with Crippen LogP contribution >= 0.6 is 0 Å². The Morgan fingerprint density at radius 1 is 1.43 bits per heavy atom. The van der Waals surface area contributed by atoms with Gasteiger partial charge in [0.25, 0.3) is 0 Å². The molecule has 0 amide bonds.